The third kappa shape index (κ3) is 4.95. The van der Waals surface area contributed by atoms with E-state index in [1.54, 1.807) is 6.92 Å². The highest BCUT2D eigenvalue weighted by molar-refractivity contribution is 5.82. The predicted octanol–water partition coefficient (Wildman–Crippen LogP) is 3.40. The van der Waals surface area contributed by atoms with Gasteiger partial charge >= 0.3 is 12.1 Å². The van der Waals surface area contributed by atoms with Gasteiger partial charge in [0, 0.05) is 5.41 Å². The molecule has 1 aliphatic rings. The Morgan fingerprint density at radius 2 is 1.80 bits per heavy atom. The van der Waals surface area contributed by atoms with Crippen molar-refractivity contribution < 1.29 is 19.1 Å². The minimum absolute atomic E-state index is 0.111. The molecule has 0 spiro atoms. The molecule has 1 amide bonds. The predicted molar refractivity (Wildman–Crippen MR) is 94.3 cm³/mol. The van der Waals surface area contributed by atoms with Gasteiger partial charge in [-0.1, -0.05) is 56.5 Å². The maximum absolute atomic E-state index is 12.5. The summed E-state index contributed by atoms with van der Waals surface area (Å²) < 4.78 is 10.5. The second-order valence-corrected chi connectivity index (χ2v) is 6.82. The number of carbonyl (C=O) groups excluding carboxylic acids is 2. The molecule has 1 fully saturated rings. The van der Waals surface area contributed by atoms with Crippen LogP contribution in [0.4, 0.5) is 4.79 Å². The fraction of sp³-hybridized carbons (Fsp3) is 0.579. The van der Waals surface area contributed by atoms with Crippen molar-refractivity contribution in [2.24, 2.45) is 11.3 Å². The van der Waals surface area contributed by atoms with Gasteiger partial charge in [-0.25, -0.2) is 20.4 Å². The van der Waals surface area contributed by atoms with Gasteiger partial charge in [-0.15, -0.1) is 0 Å². The van der Waals surface area contributed by atoms with Crippen LogP contribution < -0.4 is 5.84 Å². The van der Waals surface area contributed by atoms with Gasteiger partial charge in [0.05, 0.1) is 6.61 Å². The smallest absolute Gasteiger partial charge is 0.425 e. The first-order valence-electron chi connectivity index (χ1n) is 8.89. The van der Waals surface area contributed by atoms with E-state index in [0.29, 0.717) is 0 Å². The molecule has 1 aromatic rings. The van der Waals surface area contributed by atoms with Crippen molar-refractivity contribution in [3.8, 4) is 0 Å². The number of hydrazine groups is 1. The molecule has 1 unspecified atom stereocenters. The van der Waals surface area contributed by atoms with Crippen molar-refractivity contribution in [1.82, 2.24) is 5.01 Å². The minimum Gasteiger partial charge on any atom is -0.464 e. The number of nitrogens with zero attached hydrogens (tertiary/aromatic N) is 1. The Morgan fingerprint density at radius 1 is 1.16 bits per heavy atom. The Bertz CT molecular complexity index is 570. The quantitative estimate of drug-likeness (QED) is 0.369. The number of esters is 1. The minimum atomic E-state index is -0.837. The molecule has 0 aromatic heterocycles. The molecule has 6 heteroatoms. The highest BCUT2D eigenvalue weighted by Crippen LogP contribution is 2.41. The first kappa shape index (κ1) is 19.2. The Hall–Kier alpha value is -2.08. The fourth-order valence-corrected chi connectivity index (χ4v) is 3.49. The summed E-state index contributed by atoms with van der Waals surface area (Å²) in [5, 5.41) is 0.923. The second kappa shape index (κ2) is 8.85. The van der Waals surface area contributed by atoms with Crippen molar-refractivity contribution in [2.75, 3.05) is 6.61 Å². The molecule has 0 aliphatic heterocycles. The van der Waals surface area contributed by atoms with Gasteiger partial charge in [0.2, 0.25) is 0 Å². The molecule has 0 saturated heterocycles. The lowest BCUT2D eigenvalue weighted by Crippen LogP contribution is -2.58. The van der Waals surface area contributed by atoms with Gasteiger partial charge in [0.25, 0.3) is 0 Å². The molecule has 25 heavy (non-hydrogen) atoms. The molecule has 2 rings (SSSR count). The van der Waals surface area contributed by atoms with Crippen molar-refractivity contribution in [1.29, 1.82) is 0 Å². The van der Waals surface area contributed by atoms with E-state index in [-0.39, 0.29) is 13.2 Å². The van der Waals surface area contributed by atoms with Gasteiger partial charge in [-0.05, 0) is 25.3 Å². The van der Waals surface area contributed by atoms with Crippen molar-refractivity contribution >= 4 is 12.1 Å². The number of amides is 1. The van der Waals surface area contributed by atoms with Crippen LogP contribution in [0, 0.1) is 5.41 Å². The van der Waals surface area contributed by atoms with Crippen molar-refractivity contribution in [3.05, 3.63) is 35.9 Å². The SMILES string of the molecule is CCOC(=O)C(N(N)C(=O)OCc1ccccc1)C1(C)CCCCC1. The van der Waals surface area contributed by atoms with Gasteiger partial charge in [0.1, 0.15) is 6.61 Å². The Morgan fingerprint density at radius 3 is 2.40 bits per heavy atom. The van der Waals surface area contributed by atoms with E-state index in [1.165, 1.54) is 0 Å². The molecular formula is C19H28N2O4. The molecular weight excluding hydrogens is 320 g/mol. The standard InChI is InChI=1S/C19H28N2O4/c1-3-24-17(22)16(19(2)12-8-5-9-13-19)21(20)18(23)25-14-15-10-6-4-7-11-15/h4,6-7,10-11,16H,3,5,8-9,12-14,20H2,1-2H3. The molecule has 1 atom stereocenters. The largest absolute Gasteiger partial charge is 0.464 e. The lowest BCUT2D eigenvalue weighted by Gasteiger charge is -2.42. The monoisotopic (exact) mass is 348 g/mol. The average Bonchev–Trinajstić information content (AvgIpc) is 2.61. The molecule has 138 valence electrons. The van der Waals surface area contributed by atoms with E-state index in [0.717, 1.165) is 42.7 Å². The number of carbonyl (C=O) groups is 2. The first-order chi connectivity index (χ1) is 12.0. The third-order valence-corrected chi connectivity index (χ3v) is 4.86. The van der Waals surface area contributed by atoms with Crippen LogP contribution in [0.5, 0.6) is 0 Å². The fourth-order valence-electron chi connectivity index (χ4n) is 3.49. The van der Waals surface area contributed by atoms with Crippen LogP contribution >= 0.6 is 0 Å². The number of ether oxygens (including phenoxy) is 2. The van der Waals surface area contributed by atoms with Gasteiger partial charge in [-0.3, -0.25) is 0 Å². The summed E-state index contributed by atoms with van der Waals surface area (Å²) in [6.45, 7) is 4.10. The molecule has 0 bridgehead atoms. The maximum atomic E-state index is 12.5. The van der Waals surface area contributed by atoms with E-state index < -0.39 is 23.5 Å². The van der Waals surface area contributed by atoms with Crippen LogP contribution in [0.25, 0.3) is 0 Å². The van der Waals surface area contributed by atoms with E-state index in [9.17, 15) is 9.59 Å². The van der Waals surface area contributed by atoms with Crippen LogP contribution in [-0.4, -0.2) is 29.7 Å². The molecule has 1 aliphatic carbocycles. The zero-order valence-corrected chi connectivity index (χ0v) is 15.1. The first-order valence-corrected chi connectivity index (χ1v) is 8.89. The van der Waals surface area contributed by atoms with Gasteiger partial charge in [0.15, 0.2) is 6.04 Å². The molecule has 0 radical (unpaired) electrons. The molecule has 1 aromatic carbocycles. The summed E-state index contributed by atoms with van der Waals surface area (Å²) in [7, 11) is 0. The molecule has 0 heterocycles. The van der Waals surface area contributed by atoms with Gasteiger partial charge < -0.3 is 9.47 Å². The molecule has 6 nitrogen and oxygen atoms in total. The zero-order valence-electron chi connectivity index (χ0n) is 15.1. The summed E-state index contributed by atoms with van der Waals surface area (Å²) in [5.41, 5.74) is 0.464. The Kier molecular flexibility index (Phi) is 6.82. The van der Waals surface area contributed by atoms with E-state index >= 15 is 0 Å². The van der Waals surface area contributed by atoms with E-state index in [1.807, 2.05) is 37.3 Å². The number of nitrogens with two attached hydrogens (primary N) is 1. The topological polar surface area (TPSA) is 81.9 Å². The van der Waals surface area contributed by atoms with Crippen LogP contribution in [-0.2, 0) is 20.9 Å². The molecule has 1 saturated carbocycles. The number of benzene rings is 1. The Labute approximate surface area is 149 Å². The lowest BCUT2D eigenvalue weighted by molar-refractivity contribution is -0.155. The summed E-state index contributed by atoms with van der Waals surface area (Å²) in [6, 6.07) is 8.51. The Balaban J connectivity index is 2.09. The van der Waals surface area contributed by atoms with Crippen LogP contribution in [0.1, 0.15) is 51.5 Å². The maximum Gasteiger partial charge on any atom is 0.425 e. The third-order valence-electron chi connectivity index (χ3n) is 4.86. The molecule has 2 N–H and O–H groups in total. The summed E-state index contributed by atoms with van der Waals surface area (Å²) in [4.78, 5) is 24.9. The summed E-state index contributed by atoms with van der Waals surface area (Å²) in [6.07, 6.45) is 4.10. The number of rotatable bonds is 6. The summed E-state index contributed by atoms with van der Waals surface area (Å²) >= 11 is 0. The van der Waals surface area contributed by atoms with Crippen molar-refractivity contribution in [2.45, 2.75) is 58.6 Å². The lowest BCUT2D eigenvalue weighted by atomic mass is 9.70. The van der Waals surface area contributed by atoms with Gasteiger partial charge in [-0.2, -0.15) is 0 Å². The second-order valence-electron chi connectivity index (χ2n) is 6.82. The van der Waals surface area contributed by atoms with E-state index in [2.05, 4.69) is 0 Å². The number of hydrogen-bond acceptors (Lipinski definition) is 5. The van der Waals surface area contributed by atoms with Crippen LogP contribution in [0.3, 0.4) is 0 Å². The zero-order chi connectivity index (χ0) is 18.3. The normalized spacial score (nSPS) is 17.4. The number of hydrogen-bond donors (Lipinski definition) is 1. The van der Waals surface area contributed by atoms with E-state index in [4.69, 9.17) is 15.3 Å². The highest BCUT2D eigenvalue weighted by Gasteiger charge is 2.46. The average molecular weight is 348 g/mol. The van der Waals surface area contributed by atoms with Crippen molar-refractivity contribution in [3.63, 3.8) is 0 Å². The van der Waals surface area contributed by atoms with Crippen LogP contribution in [0.15, 0.2) is 30.3 Å². The van der Waals surface area contributed by atoms with Crippen LogP contribution in [0.2, 0.25) is 0 Å². The highest BCUT2D eigenvalue weighted by atomic mass is 16.6. The summed E-state index contributed by atoms with van der Waals surface area (Å²) in [5.74, 6) is 5.56.